The van der Waals surface area contributed by atoms with Crippen molar-refractivity contribution in [2.45, 2.75) is 52.0 Å². The monoisotopic (exact) mass is 279 g/mol. The number of carboxylic acid groups (broad SMARTS) is 1. The summed E-state index contributed by atoms with van der Waals surface area (Å²) in [5, 5.41) is 9.45. The first-order valence-electron chi connectivity index (χ1n) is 7.67. The van der Waals surface area contributed by atoms with E-state index in [1.54, 1.807) is 6.92 Å². The van der Waals surface area contributed by atoms with Crippen LogP contribution in [0.2, 0.25) is 0 Å². The highest BCUT2D eigenvalue weighted by atomic mass is 16.4. The number of fused-ring (bicyclic) bond motifs is 1. The summed E-state index contributed by atoms with van der Waals surface area (Å²) in [6, 6.07) is 0. The van der Waals surface area contributed by atoms with Gasteiger partial charge in [-0.25, -0.2) is 0 Å². The second-order valence-corrected chi connectivity index (χ2v) is 6.27. The molecule has 0 amide bonds. The number of nitrogens with zero attached hydrogens (tertiary/aromatic N) is 1. The van der Waals surface area contributed by atoms with Crippen molar-refractivity contribution in [3.05, 3.63) is 11.6 Å². The largest absolute Gasteiger partial charge is 0.480 e. The summed E-state index contributed by atoms with van der Waals surface area (Å²) in [6.45, 7) is 7.08. The summed E-state index contributed by atoms with van der Waals surface area (Å²) in [4.78, 5) is 25.9. The molecule has 3 atom stereocenters. The lowest BCUT2D eigenvalue weighted by Crippen LogP contribution is -2.51. The molecule has 1 aliphatic carbocycles. The Hall–Kier alpha value is -1.16. The van der Waals surface area contributed by atoms with E-state index in [1.165, 1.54) is 0 Å². The Morgan fingerprint density at radius 3 is 2.65 bits per heavy atom. The molecule has 1 fully saturated rings. The number of allylic oxidation sites excluding steroid dienone is 1. The van der Waals surface area contributed by atoms with Crippen LogP contribution in [-0.2, 0) is 9.59 Å². The molecule has 20 heavy (non-hydrogen) atoms. The fraction of sp³-hybridized carbons (Fsp3) is 0.750. The molecule has 112 valence electrons. The van der Waals surface area contributed by atoms with Crippen molar-refractivity contribution in [1.29, 1.82) is 0 Å². The van der Waals surface area contributed by atoms with Crippen LogP contribution in [0, 0.1) is 11.8 Å². The highest BCUT2D eigenvalue weighted by molar-refractivity contribution is 6.00. The minimum Gasteiger partial charge on any atom is -0.480 e. The van der Waals surface area contributed by atoms with Crippen molar-refractivity contribution in [1.82, 2.24) is 4.90 Å². The third kappa shape index (κ3) is 2.41. The van der Waals surface area contributed by atoms with Crippen LogP contribution >= 0.6 is 0 Å². The van der Waals surface area contributed by atoms with Crippen LogP contribution < -0.4 is 0 Å². The number of hydrogen-bond donors (Lipinski definition) is 1. The SMILES string of the molecule is CCCCC1=CC2CN([C@@](C)(CC)C(=O)O)CC2C1=O. The molecular formula is C16H25NO3. The van der Waals surface area contributed by atoms with Gasteiger partial charge in [0.05, 0.1) is 0 Å². The molecule has 4 heteroatoms. The Morgan fingerprint density at radius 1 is 1.45 bits per heavy atom. The number of rotatable bonds is 6. The number of aliphatic carboxylic acids is 1. The average molecular weight is 279 g/mol. The first-order valence-corrected chi connectivity index (χ1v) is 7.67. The average Bonchev–Trinajstić information content (AvgIpc) is 2.96. The topological polar surface area (TPSA) is 57.6 Å². The van der Waals surface area contributed by atoms with E-state index in [2.05, 4.69) is 13.0 Å². The number of ketones is 1. The number of carbonyl (C=O) groups excluding carboxylic acids is 1. The summed E-state index contributed by atoms with van der Waals surface area (Å²) < 4.78 is 0. The van der Waals surface area contributed by atoms with Crippen LogP contribution in [0.5, 0.6) is 0 Å². The summed E-state index contributed by atoms with van der Waals surface area (Å²) >= 11 is 0. The molecule has 0 aromatic rings. The number of carboxylic acids is 1. The Bertz CT molecular complexity index is 443. The maximum atomic E-state index is 12.4. The molecule has 2 rings (SSSR count). The molecule has 1 N–H and O–H groups in total. The van der Waals surface area contributed by atoms with Crippen LogP contribution in [0.25, 0.3) is 0 Å². The summed E-state index contributed by atoms with van der Waals surface area (Å²) in [6.07, 6.45) is 5.71. The van der Waals surface area contributed by atoms with E-state index in [9.17, 15) is 14.7 Å². The summed E-state index contributed by atoms with van der Waals surface area (Å²) in [5.41, 5.74) is 0.136. The van der Waals surface area contributed by atoms with Crippen LogP contribution in [0.1, 0.15) is 46.5 Å². The third-order valence-electron chi connectivity index (χ3n) is 5.08. The summed E-state index contributed by atoms with van der Waals surface area (Å²) in [5.74, 6) is -0.316. The van der Waals surface area contributed by atoms with Crippen LogP contribution in [-0.4, -0.2) is 40.4 Å². The van der Waals surface area contributed by atoms with Gasteiger partial charge < -0.3 is 5.11 Å². The first kappa shape index (κ1) is 15.2. The molecule has 1 saturated heterocycles. The van der Waals surface area contributed by atoms with Crippen molar-refractivity contribution in [2.75, 3.05) is 13.1 Å². The second-order valence-electron chi connectivity index (χ2n) is 6.27. The fourth-order valence-electron chi connectivity index (χ4n) is 3.34. The molecule has 0 spiro atoms. The van der Waals surface area contributed by atoms with Gasteiger partial charge in [0.1, 0.15) is 5.54 Å². The van der Waals surface area contributed by atoms with E-state index in [4.69, 9.17) is 0 Å². The van der Waals surface area contributed by atoms with E-state index in [1.807, 2.05) is 11.8 Å². The molecule has 0 aromatic heterocycles. The van der Waals surface area contributed by atoms with Gasteiger partial charge in [0.2, 0.25) is 0 Å². The van der Waals surface area contributed by atoms with Gasteiger partial charge in [-0.15, -0.1) is 0 Å². The zero-order chi connectivity index (χ0) is 14.9. The van der Waals surface area contributed by atoms with Crippen LogP contribution in [0.3, 0.4) is 0 Å². The number of unbranched alkanes of at least 4 members (excludes halogenated alkanes) is 1. The lowest BCUT2D eigenvalue weighted by molar-refractivity contribution is -0.150. The van der Waals surface area contributed by atoms with Gasteiger partial charge in [-0.3, -0.25) is 14.5 Å². The van der Waals surface area contributed by atoms with Gasteiger partial charge in [0.15, 0.2) is 5.78 Å². The van der Waals surface area contributed by atoms with E-state index < -0.39 is 11.5 Å². The number of likely N-dealkylation sites (tertiary alicyclic amines) is 1. The molecular weight excluding hydrogens is 254 g/mol. The second kappa shape index (κ2) is 5.68. The van der Waals surface area contributed by atoms with Crippen molar-refractivity contribution in [3.63, 3.8) is 0 Å². The Kier molecular flexibility index (Phi) is 4.33. The zero-order valence-electron chi connectivity index (χ0n) is 12.7. The lowest BCUT2D eigenvalue weighted by Gasteiger charge is -2.34. The first-order chi connectivity index (χ1) is 9.43. The number of Topliss-reactive ketones (excluding diaryl/α,β-unsaturated/α-hetero) is 1. The van der Waals surface area contributed by atoms with Crippen molar-refractivity contribution < 1.29 is 14.7 Å². The minimum atomic E-state index is -0.845. The molecule has 0 radical (unpaired) electrons. The van der Waals surface area contributed by atoms with Gasteiger partial charge in [0, 0.05) is 24.9 Å². The predicted octanol–water partition coefficient (Wildman–Crippen LogP) is 2.49. The van der Waals surface area contributed by atoms with Crippen LogP contribution in [0.4, 0.5) is 0 Å². The van der Waals surface area contributed by atoms with Crippen LogP contribution in [0.15, 0.2) is 11.6 Å². The summed E-state index contributed by atoms with van der Waals surface area (Å²) in [7, 11) is 0. The molecule has 0 aromatic carbocycles. The van der Waals surface area contributed by atoms with Gasteiger partial charge in [-0.2, -0.15) is 0 Å². The lowest BCUT2D eigenvalue weighted by atomic mass is 9.96. The van der Waals surface area contributed by atoms with E-state index >= 15 is 0 Å². The molecule has 0 saturated carbocycles. The number of hydrogen-bond acceptors (Lipinski definition) is 3. The third-order valence-corrected chi connectivity index (χ3v) is 5.08. The Balaban J connectivity index is 2.09. The standard InChI is InChI=1S/C16H25NO3/c1-4-6-7-11-8-12-9-17(10-13(12)14(11)18)16(3,5-2)15(19)20/h8,12-13H,4-7,9-10H2,1-3H3,(H,19,20)/t12?,13?,16-/m0/s1. The zero-order valence-corrected chi connectivity index (χ0v) is 12.7. The smallest absolute Gasteiger partial charge is 0.323 e. The highest BCUT2D eigenvalue weighted by Gasteiger charge is 2.49. The molecule has 2 unspecified atom stereocenters. The number of carbonyl (C=O) groups is 2. The molecule has 0 bridgehead atoms. The van der Waals surface area contributed by atoms with Crippen molar-refractivity contribution in [2.24, 2.45) is 11.8 Å². The molecule has 4 nitrogen and oxygen atoms in total. The Labute approximate surface area is 120 Å². The molecule has 1 aliphatic heterocycles. The Morgan fingerprint density at radius 2 is 2.15 bits per heavy atom. The maximum absolute atomic E-state index is 12.4. The minimum absolute atomic E-state index is 0.00733. The van der Waals surface area contributed by atoms with Gasteiger partial charge in [-0.1, -0.05) is 26.3 Å². The van der Waals surface area contributed by atoms with Gasteiger partial charge in [-0.05, 0) is 31.8 Å². The van der Waals surface area contributed by atoms with Crippen molar-refractivity contribution >= 4 is 11.8 Å². The maximum Gasteiger partial charge on any atom is 0.323 e. The predicted molar refractivity (Wildman–Crippen MR) is 77.5 cm³/mol. The molecule has 2 aliphatic rings. The van der Waals surface area contributed by atoms with E-state index in [0.29, 0.717) is 19.5 Å². The normalized spacial score (nSPS) is 29.1. The molecule has 1 heterocycles. The van der Waals surface area contributed by atoms with Gasteiger partial charge >= 0.3 is 5.97 Å². The van der Waals surface area contributed by atoms with Crippen molar-refractivity contribution in [3.8, 4) is 0 Å². The van der Waals surface area contributed by atoms with E-state index in [0.717, 1.165) is 24.8 Å². The quantitative estimate of drug-likeness (QED) is 0.811. The highest BCUT2D eigenvalue weighted by Crippen LogP contribution is 2.39. The fourth-order valence-corrected chi connectivity index (χ4v) is 3.34. The van der Waals surface area contributed by atoms with E-state index in [-0.39, 0.29) is 17.6 Å². The van der Waals surface area contributed by atoms with Gasteiger partial charge in [0.25, 0.3) is 0 Å².